The lowest BCUT2D eigenvalue weighted by Gasteiger charge is -2.11. The van der Waals surface area contributed by atoms with Crippen molar-refractivity contribution in [3.8, 4) is 0 Å². The quantitative estimate of drug-likeness (QED) is 0.792. The molecule has 0 aliphatic rings. The van der Waals surface area contributed by atoms with E-state index in [2.05, 4.69) is 20.0 Å². The first-order valence-corrected chi connectivity index (χ1v) is 5.66. The van der Waals surface area contributed by atoms with Crippen molar-refractivity contribution in [2.45, 2.75) is 25.6 Å². The van der Waals surface area contributed by atoms with Crippen LogP contribution >= 0.6 is 0 Å². The van der Waals surface area contributed by atoms with Crippen molar-refractivity contribution in [2.24, 2.45) is 0 Å². The average Bonchev–Trinajstić information content (AvgIpc) is 2.36. The first-order chi connectivity index (χ1) is 9.24. The van der Waals surface area contributed by atoms with Gasteiger partial charge in [-0.25, -0.2) is 14.8 Å². The second kappa shape index (κ2) is 6.51. The van der Waals surface area contributed by atoms with Gasteiger partial charge in [-0.15, -0.1) is 0 Å². The topological polar surface area (TPSA) is 84.3 Å². The number of anilines is 1. The maximum atomic E-state index is 12.5. The largest absolute Gasteiger partial charge is 0.467 e. The van der Waals surface area contributed by atoms with Crippen LogP contribution in [0.1, 0.15) is 17.8 Å². The van der Waals surface area contributed by atoms with Gasteiger partial charge >= 0.3 is 12.1 Å². The number of ether oxygens (including phenoxy) is 1. The summed E-state index contributed by atoms with van der Waals surface area (Å²) in [5.74, 6) is -1.03. The van der Waals surface area contributed by atoms with Crippen molar-refractivity contribution in [3.05, 3.63) is 17.5 Å². The Bertz CT molecular complexity index is 480. The smallest absolute Gasteiger partial charge is 0.433 e. The number of nitrogens with one attached hydrogen (secondary N) is 1. The molecule has 0 bridgehead atoms. The number of halogens is 3. The average molecular weight is 293 g/mol. The molecule has 0 unspecified atom stereocenters. The first kappa shape index (κ1) is 16.2. The zero-order chi connectivity index (χ0) is 15.3. The summed E-state index contributed by atoms with van der Waals surface area (Å²) in [6, 6.07) is 0.828. The van der Waals surface area contributed by atoms with E-state index >= 15 is 0 Å². The highest BCUT2D eigenvalue weighted by atomic mass is 19.4. The van der Waals surface area contributed by atoms with Crippen molar-refractivity contribution < 1.29 is 27.8 Å². The Morgan fingerprint density at radius 1 is 1.50 bits per heavy atom. The number of aliphatic hydroxyl groups excluding tert-OH is 1. The van der Waals surface area contributed by atoms with Crippen LogP contribution in [0.15, 0.2) is 6.07 Å². The Kier molecular flexibility index (Phi) is 5.26. The van der Waals surface area contributed by atoms with Crippen LogP contribution in [0.3, 0.4) is 0 Å². The number of aliphatic hydroxyl groups is 1. The number of carbonyl (C=O) groups is 1. The number of esters is 1. The third-order valence-electron chi connectivity index (χ3n) is 2.32. The van der Waals surface area contributed by atoms with E-state index in [9.17, 15) is 23.1 Å². The third-order valence-corrected chi connectivity index (χ3v) is 2.32. The van der Waals surface area contributed by atoms with E-state index in [1.165, 1.54) is 6.92 Å². The van der Waals surface area contributed by atoms with Gasteiger partial charge in [0.2, 0.25) is 5.95 Å². The van der Waals surface area contributed by atoms with Gasteiger partial charge < -0.3 is 15.2 Å². The van der Waals surface area contributed by atoms with E-state index < -0.39 is 23.9 Å². The van der Waals surface area contributed by atoms with Crippen molar-refractivity contribution in [1.82, 2.24) is 9.97 Å². The highest BCUT2D eigenvalue weighted by Gasteiger charge is 2.33. The minimum Gasteiger partial charge on any atom is -0.467 e. The molecule has 0 radical (unpaired) electrons. The highest BCUT2D eigenvalue weighted by Crippen LogP contribution is 2.28. The molecule has 20 heavy (non-hydrogen) atoms. The van der Waals surface area contributed by atoms with E-state index in [4.69, 9.17) is 0 Å². The molecule has 112 valence electrons. The predicted octanol–water partition coefficient (Wildman–Crippen LogP) is 1.14. The normalized spacial score (nSPS) is 12.9. The van der Waals surface area contributed by atoms with Crippen LogP contribution in [0.25, 0.3) is 0 Å². The second-order valence-corrected chi connectivity index (χ2v) is 3.97. The van der Waals surface area contributed by atoms with Gasteiger partial charge in [0.25, 0.3) is 0 Å². The summed E-state index contributed by atoms with van der Waals surface area (Å²) in [6.07, 6.45) is -5.94. The maximum Gasteiger partial charge on any atom is 0.433 e. The minimum absolute atomic E-state index is 0.0248. The third kappa shape index (κ3) is 4.65. The Balaban J connectivity index is 2.65. The molecule has 0 aliphatic carbocycles. The molecule has 1 aromatic rings. The fourth-order valence-corrected chi connectivity index (χ4v) is 1.37. The fraction of sp³-hybridized carbons (Fsp3) is 0.545. The molecule has 0 fully saturated rings. The molecule has 1 heterocycles. The molecule has 1 aromatic heterocycles. The summed E-state index contributed by atoms with van der Waals surface area (Å²) >= 11 is 0. The van der Waals surface area contributed by atoms with Gasteiger partial charge in [0, 0.05) is 18.7 Å². The van der Waals surface area contributed by atoms with E-state index in [0.29, 0.717) is 0 Å². The SMILES string of the molecule is COC(=O)[C@@H](O)CCNc1nc(C)cc(C(F)(F)F)n1. The molecule has 2 N–H and O–H groups in total. The van der Waals surface area contributed by atoms with Gasteiger partial charge in [-0.3, -0.25) is 0 Å². The number of nitrogens with zero attached hydrogens (tertiary/aromatic N) is 2. The molecule has 0 saturated heterocycles. The Morgan fingerprint density at radius 3 is 2.70 bits per heavy atom. The minimum atomic E-state index is -4.56. The lowest BCUT2D eigenvalue weighted by molar-refractivity contribution is -0.150. The van der Waals surface area contributed by atoms with Crippen LogP contribution in [0.2, 0.25) is 0 Å². The summed E-state index contributed by atoms with van der Waals surface area (Å²) in [5, 5.41) is 11.8. The molecule has 9 heteroatoms. The number of aromatic nitrogens is 2. The zero-order valence-corrected chi connectivity index (χ0v) is 10.9. The fourth-order valence-electron chi connectivity index (χ4n) is 1.37. The van der Waals surface area contributed by atoms with Crippen LogP contribution in [-0.2, 0) is 15.7 Å². The number of rotatable bonds is 5. The molecule has 1 rings (SSSR count). The van der Waals surface area contributed by atoms with Gasteiger partial charge in [-0.2, -0.15) is 13.2 Å². The van der Waals surface area contributed by atoms with Crippen molar-refractivity contribution in [3.63, 3.8) is 0 Å². The number of methoxy groups -OCH3 is 1. The molecule has 0 aliphatic heterocycles. The number of hydrogen-bond donors (Lipinski definition) is 2. The maximum absolute atomic E-state index is 12.5. The summed E-state index contributed by atoms with van der Waals surface area (Å²) in [7, 11) is 1.12. The number of alkyl halides is 3. The van der Waals surface area contributed by atoms with Gasteiger partial charge in [0.05, 0.1) is 7.11 Å². The molecule has 0 spiro atoms. The van der Waals surface area contributed by atoms with Gasteiger partial charge in [0.15, 0.2) is 6.10 Å². The van der Waals surface area contributed by atoms with E-state index in [1.54, 1.807) is 0 Å². The molecule has 0 aromatic carbocycles. The predicted molar refractivity (Wildman–Crippen MR) is 62.9 cm³/mol. The Morgan fingerprint density at radius 2 is 2.15 bits per heavy atom. The standard InChI is InChI=1S/C11H14F3N3O3/c1-6-5-8(11(12,13)14)17-10(16-6)15-4-3-7(18)9(19)20-2/h5,7,18H,3-4H2,1-2H3,(H,15,16,17)/t7-/m0/s1. The van der Waals surface area contributed by atoms with E-state index in [0.717, 1.165) is 13.2 Å². The van der Waals surface area contributed by atoms with Gasteiger partial charge in [-0.05, 0) is 13.0 Å². The summed E-state index contributed by atoms with van der Waals surface area (Å²) in [5.41, 5.74) is -0.899. The molecule has 0 saturated carbocycles. The Hall–Kier alpha value is -1.90. The summed E-state index contributed by atoms with van der Waals surface area (Å²) < 4.78 is 41.9. The summed E-state index contributed by atoms with van der Waals surface area (Å²) in [6.45, 7) is 1.43. The van der Waals surface area contributed by atoms with Gasteiger partial charge in [-0.1, -0.05) is 0 Å². The lowest BCUT2D eigenvalue weighted by atomic mass is 10.2. The number of aryl methyl sites for hydroxylation is 1. The van der Waals surface area contributed by atoms with E-state index in [-0.39, 0.29) is 24.6 Å². The monoisotopic (exact) mass is 293 g/mol. The zero-order valence-electron chi connectivity index (χ0n) is 10.9. The molecular formula is C11H14F3N3O3. The number of carbonyl (C=O) groups excluding carboxylic acids is 1. The number of hydrogen-bond acceptors (Lipinski definition) is 6. The molecule has 6 nitrogen and oxygen atoms in total. The van der Waals surface area contributed by atoms with Crippen LogP contribution in [-0.4, -0.2) is 40.8 Å². The molecular weight excluding hydrogens is 279 g/mol. The van der Waals surface area contributed by atoms with Crippen LogP contribution in [0.5, 0.6) is 0 Å². The Labute approximate surface area is 113 Å². The highest BCUT2D eigenvalue weighted by molar-refractivity contribution is 5.74. The summed E-state index contributed by atoms with van der Waals surface area (Å²) in [4.78, 5) is 18.0. The van der Waals surface area contributed by atoms with Crippen LogP contribution in [0.4, 0.5) is 19.1 Å². The van der Waals surface area contributed by atoms with Crippen LogP contribution < -0.4 is 5.32 Å². The lowest BCUT2D eigenvalue weighted by Crippen LogP contribution is -2.25. The van der Waals surface area contributed by atoms with E-state index in [1.807, 2.05) is 0 Å². The van der Waals surface area contributed by atoms with Crippen molar-refractivity contribution in [1.29, 1.82) is 0 Å². The molecule has 0 amide bonds. The second-order valence-electron chi connectivity index (χ2n) is 3.97. The van der Waals surface area contributed by atoms with Crippen LogP contribution in [0, 0.1) is 6.92 Å². The molecule has 1 atom stereocenters. The van der Waals surface area contributed by atoms with Crippen molar-refractivity contribution in [2.75, 3.05) is 19.0 Å². The van der Waals surface area contributed by atoms with Crippen molar-refractivity contribution >= 4 is 11.9 Å². The van der Waals surface area contributed by atoms with Gasteiger partial charge in [0.1, 0.15) is 5.69 Å². The first-order valence-electron chi connectivity index (χ1n) is 5.66.